The monoisotopic (exact) mass is 348 g/mol. The Labute approximate surface area is 146 Å². The number of nitrogens with one attached hydrogen (secondary N) is 2. The average Bonchev–Trinajstić information content (AvgIpc) is 3.13. The molecule has 2 amide bonds. The van der Waals surface area contributed by atoms with E-state index in [1.807, 2.05) is 26.0 Å². The van der Waals surface area contributed by atoms with Gasteiger partial charge in [0.05, 0.1) is 10.7 Å². The van der Waals surface area contributed by atoms with Crippen LogP contribution in [0.5, 0.6) is 0 Å². The van der Waals surface area contributed by atoms with Crippen molar-refractivity contribution in [3.63, 3.8) is 0 Å². The van der Waals surface area contributed by atoms with E-state index < -0.39 is 5.54 Å². The standard InChI is InChI=1S/C17H21ClN4O2/c1-10-8-11(2)14(13(18)9-10)20-16(23)21-17(6-4-5-7-17)15-19-12(3)24-22-15/h8-9H,4-7H2,1-3H3,(H2,20,21,23). The molecule has 0 spiro atoms. The van der Waals surface area contributed by atoms with Crippen LogP contribution in [0.1, 0.15) is 48.5 Å². The molecule has 2 N–H and O–H groups in total. The summed E-state index contributed by atoms with van der Waals surface area (Å²) in [7, 11) is 0. The zero-order chi connectivity index (χ0) is 17.3. The highest BCUT2D eigenvalue weighted by Crippen LogP contribution is 2.37. The van der Waals surface area contributed by atoms with Crippen molar-refractivity contribution in [3.8, 4) is 0 Å². The van der Waals surface area contributed by atoms with E-state index in [1.54, 1.807) is 6.92 Å². The molecular formula is C17H21ClN4O2. The molecule has 1 aliphatic carbocycles. The van der Waals surface area contributed by atoms with Gasteiger partial charge >= 0.3 is 6.03 Å². The van der Waals surface area contributed by atoms with Crippen molar-refractivity contribution < 1.29 is 9.32 Å². The molecule has 1 heterocycles. The summed E-state index contributed by atoms with van der Waals surface area (Å²) < 4.78 is 5.10. The highest BCUT2D eigenvalue weighted by molar-refractivity contribution is 6.34. The number of hydrogen-bond acceptors (Lipinski definition) is 4. The van der Waals surface area contributed by atoms with Gasteiger partial charge in [0.1, 0.15) is 5.54 Å². The van der Waals surface area contributed by atoms with Crippen LogP contribution < -0.4 is 10.6 Å². The maximum atomic E-state index is 12.6. The van der Waals surface area contributed by atoms with Gasteiger partial charge in [-0.1, -0.05) is 35.7 Å². The summed E-state index contributed by atoms with van der Waals surface area (Å²) in [4.78, 5) is 16.9. The molecule has 3 rings (SSSR count). The van der Waals surface area contributed by atoms with Gasteiger partial charge in [-0.3, -0.25) is 0 Å². The van der Waals surface area contributed by atoms with Crippen LogP contribution in [0, 0.1) is 20.8 Å². The van der Waals surface area contributed by atoms with Gasteiger partial charge in [-0.05, 0) is 43.9 Å². The van der Waals surface area contributed by atoms with E-state index >= 15 is 0 Å². The van der Waals surface area contributed by atoms with Crippen LogP contribution in [-0.4, -0.2) is 16.2 Å². The normalized spacial score (nSPS) is 16.2. The SMILES string of the molecule is Cc1cc(C)c(NC(=O)NC2(c3noc(C)n3)CCCC2)c(Cl)c1. The third-order valence-corrected chi connectivity index (χ3v) is 4.73. The fraction of sp³-hybridized carbons (Fsp3) is 0.471. The number of nitrogens with zero attached hydrogens (tertiary/aromatic N) is 2. The molecule has 1 aromatic carbocycles. The van der Waals surface area contributed by atoms with Crippen molar-refractivity contribution in [2.24, 2.45) is 0 Å². The molecule has 0 saturated heterocycles. The number of amides is 2. The van der Waals surface area contributed by atoms with Gasteiger partial charge in [0.2, 0.25) is 5.89 Å². The van der Waals surface area contributed by atoms with Crippen molar-refractivity contribution in [1.29, 1.82) is 0 Å². The quantitative estimate of drug-likeness (QED) is 0.869. The lowest BCUT2D eigenvalue weighted by molar-refractivity contribution is 0.232. The summed E-state index contributed by atoms with van der Waals surface area (Å²) in [6.07, 6.45) is 3.61. The lowest BCUT2D eigenvalue weighted by Gasteiger charge is -2.27. The summed E-state index contributed by atoms with van der Waals surface area (Å²) in [5.41, 5.74) is 2.02. The summed E-state index contributed by atoms with van der Waals surface area (Å²) in [6.45, 7) is 5.63. The Morgan fingerprint density at radius 3 is 2.54 bits per heavy atom. The number of anilines is 1. The van der Waals surface area contributed by atoms with Crippen molar-refractivity contribution in [1.82, 2.24) is 15.5 Å². The average molecular weight is 349 g/mol. The third-order valence-electron chi connectivity index (χ3n) is 4.44. The molecule has 0 radical (unpaired) electrons. The maximum absolute atomic E-state index is 12.6. The van der Waals surface area contributed by atoms with E-state index in [1.165, 1.54) is 0 Å². The number of aromatic nitrogens is 2. The molecule has 6 nitrogen and oxygen atoms in total. The van der Waals surface area contributed by atoms with E-state index in [9.17, 15) is 4.79 Å². The van der Waals surface area contributed by atoms with Gasteiger partial charge in [0.25, 0.3) is 0 Å². The molecule has 0 aliphatic heterocycles. The highest BCUT2D eigenvalue weighted by atomic mass is 35.5. The zero-order valence-corrected chi connectivity index (χ0v) is 14.8. The van der Waals surface area contributed by atoms with Gasteiger partial charge in [0.15, 0.2) is 5.82 Å². The van der Waals surface area contributed by atoms with Gasteiger partial charge in [0, 0.05) is 6.92 Å². The highest BCUT2D eigenvalue weighted by Gasteiger charge is 2.41. The second kappa shape index (κ2) is 6.43. The first-order valence-electron chi connectivity index (χ1n) is 8.06. The van der Waals surface area contributed by atoms with Gasteiger partial charge in [-0.2, -0.15) is 4.98 Å². The van der Waals surface area contributed by atoms with Crippen LogP contribution in [0.3, 0.4) is 0 Å². The number of aryl methyl sites for hydroxylation is 3. The Kier molecular flexibility index (Phi) is 4.49. The van der Waals surface area contributed by atoms with E-state index in [2.05, 4.69) is 20.8 Å². The first kappa shape index (κ1) is 16.8. The molecular weight excluding hydrogens is 328 g/mol. The minimum atomic E-state index is -0.576. The summed E-state index contributed by atoms with van der Waals surface area (Å²) >= 11 is 6.27. The molecule has 1 aliphatic rings. The van der Waals surface area contributed by atoms with Crippen LogP contribution >= 0.6 is 11.6 Å². The van der Waals surface area contributed by atoms with Crippen molar-refractivity contribution in [3.05, 3.63) is 40.0 Å². The Balaban J connectivity index is 1.80. The lowest BCUT2D eigenvalue weighted by Crippen LogP contribution is -2.46. The third kappa shape index (κ3) is 3.24. The smallest absolute Gasteiger partial charge is 0.320 e. The minimum absolute atomic E-state index is 0.312. The molecule has 0 unspecified atom stereocenters. The number of carbonyl (C=O) groups excluding carboxylic acids is 1. The van der Waals surface area contributed by atoms with E-state index in [0.717, 1.165) is 36.8 Å². The number of halogens is 1. The fourth-order valence-corrected chi connectivity index (χ4v) is 3.68. The number of carbonyl (C=O) groups is 1. The summed E-state index contributed by atoms with van der Waals surface area (Å²) in [6, 6.07) is 3.50. The number of hydrogen-bond donors (Lipinski definition) is 2. The lowest BCUT2D eigenvalue weighted by atomic mass is 9.97. The maximum Gasteiger partial charge on any atom is 0.320 e. The van der Waals surface area contributed by atoms with Crippen molar-refractivity contribution in [2.45, 2.75) is 52.0 Å². The van der Waals surface area contributed by atoms with Crippen LogP contribution in [0.25, 0.3) is 0 Å². The molecule has 1 saturated carbocycles. The second-order valence-corrected chi connectivity index (χ2v) is 6.85. The van der Waals surface area contributed by atoms with Crippen molar-refractivity contribution >= 4 is 23.3 Å². The molecule has 7 heteroatoms. The Morgan fingerprint density at radius 2 is 1.96 bits per heavy atom. The van der Waals surface area contributed by atoms with Crippen LogP contribution in [-0.2, 0) is 5.54 Å². The number of urea groups is 1. The number of benzene rings is 1. The molecule has 1 aromatic heterocycles. The topological polar surface area (TPSA) is 80.0 Å². The zero-order valence-electron chi connectivity index (χ0n) is 14.1. The molecule has 128 valence electrons. The first-order chi connectivity index (χ1) is 11.4. The predicted molar refractivity (Wildman–Crippen MR) is 92.3 cm³/mol. The van der Waals surface area contributed by atoms with E-state index in [-0.39, 0.29) is 6.03 Å². The van der Waals surface area contributed by atoms with Crippen LogP contribution in [0.2, 0.25) is 5.02 Å². The Bertz CT molecular complexity index is 743. The fourth-order valence-electron chi connectivity index (χ4n) is 3.31. The second-order valence-electron chi connectivity index (χ2n) is 6.44. The number of rotatable bonds is 3. The largest absolute Gasteiger partial charge is 0.340 e. The van der Waals surface area contributed by atoms with Gasteiger partial charge in [-0.15, -0.1) is 0 Å². The van der Waals surface area contributed by atoms with Crippen LogP contribution in [0.15, 0.2) is 16.7 Å². The molecule has 2 aromatic rings. The summed E-state index contributed by atoms with van der Waals surface area (Å²) in [5, 5.41) is 10.5. The molecule has 0 bridgehead atoms. The molecule has 1 fully saturated rings. The van der Waals surface area contributed by atoms with Gasteiger partial charge < -0.3 is 15.2 Å². The Morgan fingerprint density at radius 1 is 1.25 bits per heavy atom. The van der Waals surface area contributed by atoms with Crippen molar-refractivity contribution in [2.75, 3.05) is 5.32 Å². The molecule has 0 atom stereocenters. The van der Waals surface area contributed by atoms with E-state index in [4.69, 9.17) is 16.1 Å². The minimum Gasteiger partial charge on any atom is -0.340 e. The Hall–Kier alpha value is -2.08. The molecule has 24 heavy (non-hydrogen) atoms. The summed E-state index contributed by atoms with van der Waals surface area (Å²) in [5.74, 6) is 1.04. The predicted octanol–water partition coefficient (Wildman–Crippen LogP) is 4.24. The van der Waals surface area contributed by atoms with E-state index in [0.29, 0.717) is 22.4 Å². The van der Waals surface area contributed by atoms with Gasteiger partial charge in [-0.25, -0.2) is 4.79 Å². The van der Waals surface area contributed by atoms with Crippen LogP contribution in [0.4, 0.5) is 10.5 Å². The first-order valence-corrected chi connectivity index (χ1v) is 8.44.